The lowest BCUT2D eigenvalue weighted by atomic mass is 9.89. The van der Waals surface area contributed by atoms with E-state index < -0.39 is 17.7 Å². The second-order valence-corrected chi connectivity index (χ2v) is 6.81. The summed E-state index contributed by atoms with van der Waals surface area (Å²) < 4.78 is 24.6. The second kappa shape index (κ2) is 7.46. The van der Waals surface area contributed by atoms with Gasteiger partial charge in [-0.15, -0.1) is 0 Å². The van der Waals surface area contributed by atoms with Crippen LogP contribution in [0.25, 0.3) is 21.9 Å². The highest BCUT2D eigenvalue weighted by atomic mass is 19.1. The molecule has 3 aromatic carbocycles. The predicted octanol–water partition coefficient (Wildman–Crippen LogP) is 3.09. The molecule has 0 unspecified atom stereocenters. The molecule has 1 aliphatic rings. The number of aromatic carboxylic acids is 1. The van der Waals surface area contributed by atoms with Crippen molar-refractivity contribution in [3.8, 4) is 22.9 Å². The number of nitrogens with zero attached hydrogens (tertiary/aromatic N) is 1. The Balaban J connectivity index is 2.05. The van der Waals surface area contributed by atoms with Crippen molar-refractivity contribution in [2.24, 2.45) is 5.73 Å². The van der Waals surface area contributed by atoms with Gasteiger partial charge in [0.1, 0.15) is 23.7 Å². The number of benzene rings is 3. The maximum atomic E-state index is 13.7. The van der Waals surface area contributed by atoms with Crippen molar-refractivity contribution < 1.29 is 28.6 Å². The van der Waals surface area contributed by atoms with Gasteiger partial charge in [0.2, 0.25) is 5.91 Å². The number of ether oxygens (including phenoxy) is 2. The van der Waals surface area contributed by atoms with Gasteiger partial charge in [0, 0.05) is 16.7 Å². The number of carbonyl (C=O) groups is 2. The largest absolute Gasteiger partial charge is 0.484 e. The Bertz CT molecular complexity index is 1240. The Hall–Kier alpha value is -3.96. The fraction of sp³-hybridized carbons (Fsp3) is 0.136. The van der Waals surface area contributed by atoms with Crippen molar-refractivity contribution >= 4 is 22.6 Å². The fourth-order valence-electron chi connectivity index (χ4n) is 3.41. The van der Waals surface area contributed by atoms with Crippen molar-refractivity contribution in [1.82, 2.24) is 0 Å². The van der Waals surface area contributed by atoms with Gasteiger partial charge < -0.3 is 20.3 Å². The minimum atomic E-state index is -1.30. The van der Waals surface area contributed by atoms with E-state index in [2.05, 4.69) is 0 Å². The number of amides is 1. The first-order valence-corrected chi connectivity index (χ1v) is 8.97. The zero-order valence-corrected chi connectivity index (χ0v) is 15.5. The summed E-state index contributed by atoms with van der Waals surface area (Å²) in [5.41, 5.74) is 5.82. The van der Waals surface area contributed by atoms with Crippen LogP contribution in [0.2, 0.25) is 0 Å². The molecular formula is C22H15FN2O5. The smallest absolute Gasteiger partial charge is 0.336 e. The van der Waals surface area contributed by atoms with E-state index in [9.17, 15) is 24.3 Å². The van der Waals surface area contributed by atoms with E-state index in [4.69, 9.17) is 15.2 Å². The Labute approximate surface area is 170 Å². The van der Waals surface area contributed by atoms with Crippen molar-refractivity contribution in [3.05, 3.63) is 65.0 Å². The number of hydrogen-bond donors (Lipinski definition) is 2. The molecule has 3 aromatic rings. The van der Waals surface area contributed by atoms with E-state index in [1.807, 2.05) is 6.07 Å². The number of carboxylic acid groups (broad SMARTS) is 1. The average Bonchev–Trinajstić information content (AvgIpc) is 2.68. The zero-order valence-electron chi connectivity index (χ0n) is 15.5. The van der Waals surface area contributed by atoms with Crippen LogP contribution in [0.4, 0.5) is 4.39 Å². The minimum absolute atomic E-state index is 0.0370. The topological polar surface area (TPSA) is 123 Å². The molecule has 3 N–H and O–H groups in total. The minimum Gasteiger partial charge on any atom is -0.484 e. The van der Waals surface area contributed by atoms with Gasteiger partial charge >= 0.3 is 5.97 Å². The van der Waals surface area contributed by atoms with Gasteiger partial charge in [-0.3, -0.25) is 4.79 Å². The standard InChI is InChI=1S/C22H15FN2O5/c23-13-2-4-15-11(5-13)1-3-16(21(25)26)20(15)17-7-19(30-14-9-29-10-14)12(8-24)6-18(17)22(27)28/h1-7,14H,9-10H2,(H2,25,26)(H,27,28). The number of rotatable bonds is 5. The van der Waals surface area contributed by atoms with Gasteiger partial charge in [0.15, 0.2) is 0 Å². The molecule has 0 aromatic heterocycles. The first-order chi connectivity index (χ1) is 14.4. The first kappa shape index (κ1) is 19.4. The molecule has 0 radical (unpaired) electrons. The lowest BCUT2D eigenvalue weighted by Gasteiger charge is -2.27. The molecule has 8 heteroatoms. The number of halogens is 1. The predicted molar refractivity (Wildman–Crippen MR) is 105 cm³/mol. The molecular weight excluding hydrogens is 391 g/mol. The number of hydrogen-bond acceptors (Lipinski definition) is 5. The van der Waals surface area contributed by atoms with Crippen molar-refractivity contribution in [2.75, 3.05) is 13.2 Å². The molecule has 1 amide bonds. The molecule has 1 heterocycles. The van der Waals surface area contributed by atoms with Crippen LogP contribution in [0.15, 0.2) is 42.5 Å². The number of fused-ring (bicyclic) bond motifs is 1. The van der Waals surface area contributed by atoms with E-state index in [1.54, 1.807) is 0 Å². The van der Waals surface area contributed by atoms with Crippen molar-refractivity contribution in [2.45, 2.75) is 6.10 Å². The number of nitriles is 1. The third-order valence-electron chi connectivity index (χ3n) is 4.89. The molecule has 30 heavy (non-hydrogen) atoms. The number of nitrogens with two attached hydrogens (primary N) is 1. The lowest BCUT2D eigenvalue weighted by molar-refractivity contribution is -0.0797. The van der Waals surface area contributed by atoms with Crippen molar-refractivity contribution in [1.29, 1.82) is 5.26 Å². The molecule has 0 spiro atoms. The average molecular weight is 406 g/mol. The summed E-state index contributed by atoms with van der Waals surface area (Å²) in [7, 11) is 0. The van der Waals surface area contributed by atoms with Crippen LogP contribution in [-0.2, 0) is 4.74 Å². The highest BCUT2D eigenvalue weighted by Crippen LogP contribution is 2.38. The maximum Gasteiger partial charge on any atom is 0.336 e. The second-order valence-electron chi connectivity index (χ2n) is 6.81. The van der Waals surface area contributed by atoms with Crippen LogP contribution < -0.4 is 10.5 Å². The Kier molecular flexibility index (Phi) is 4.82. The van der Waals surface area contributed by atoms with Crippen LogP contribution in [0, 0.1) is 17.1 Å². The Morgan fingerprint density at radius 3 is 2.53 bits per heavy atom. The Morgan fingerprint density at radius 2 is 1.93 bits per heavy atom. The van der Waals surface area contributed by atoms with Gasteiger partial charge in [-0.2, -0.15) is 5.26 Å². The van der Waals surface area contributed by atoms with Crippen LogP contribution >= 0.6 is 0 Å². The summed E-state index contributed by atoms with van der Waals surface area (Å²) in [4.78, 5) is 24.1. The summed E-state index contributed by atoms with van der Waals surface area (Å²) in [6.07, 6.45) is -0.266. The third-order valence-corrected chi connectivity index (χ3v) is 4.89. The highest BCUT2D eigenvalue weighted by molar-refractivity contribution is 6.12. The molecule has 0 saturated carbocycles. The summed E-state index contributed by atoms with van der Waals surface area (Å²) >= 11 is 0. The third kappa shape index (κ3) is 3.32. The monoisotopic (exact) mass is 406 g/mol. The molecule has 0 atom stereocenters. The molecule has 0 bridgehead atoms. The van der Waals surface area contributed by atoms with Crippen LogP contribution in [-0.4, -0.2) is 36.3 Å². The van der Waals surface area contributed by atoms with Crippen LogP contribution in [0.5, 0.6) is 5.75 Å². The van der Waals surface area contributed by atoms with E-state index in [0.29, 0.717) is 24.0 Å². The zero-order chi connectivity index (χ0) is 21.4. The Morgan fingerprint density at radius 1 is 1.17 bits per heavy atom. The highest BCUT2D eigenvalue weighted by Gasteiger charge is 2.26. The number of carbonyl (C=O) groups excluding carboxylic acids is 1. The summed E-state index contributed by atoms with van der Waals surface area (Å²) in [6, 6.07) is 11.4. The first-order valence-electron chi connectivity index (χ1n) is 8.97. The molecule has 1 aliphatic heterocycles. The summed E-state index contributed by atoms with van der Waals surface area (Å²) in [5, 5.41) is 20.1. The molecule has 4 rings (SSSR count). The van der Waals surface area contributed by atoms with E-state index in [0.717, 1.165) is 0 Å². The van der Waals surface area contributed by atoms with Gasteiger partial charge in [0.05, 0.1) is 24.3 Å². The van der Waals surface area contributed by atoms with E-state index in [1.165, 1.54) is 42.5 Å². The molecule has 1 saturated heterocycles. The number of primary amides is 1. The lowest BCUT2D eigenvalue weighted by Crippen LogP contribution is -2.38. The van der Waals surface area contributed by atoms with Crippen LogP contribution in [0.3, 0.4) is 0 Å². The fourth-order valence-corrected chi connectivity index (χ4v) is 3.41. The normalized spacial score (nSPS) is 13.5. The van der Waals surface area contributed by atoms with E-state index >= 15 is 0 Å². The molecule has 0 aliphatic carbocycles. The summed E-state index contributed by atoms with van der Waals surface area (Å²) in [6.45, 7) is 0.696. The van der Waals surface area contributed by atoms with E-state index in [-0.39, 0.29) is 39.7 Å². The maximum absolute atomic E-state index is 13.7. The molecule has 7 nitrogen and oxygen atoms in total. The quantitative estimate of drug-likeness (QED) is 0.671. The van der Waals surface area contributed by atoms with Crippen molar-refractivity contribution in [3.63, 3.8) is 0 Å². The summed E-state index contributed by atoms with van der Waals surface area (Å²) in [5.74, 6) is -2.38. The van der Waals surface area contributed by atoms with Gasteiger partial charge in [-0.05, 0) is 41.1 Å². The van der Waals surface area contributed by atoms with Gasteiger partial charge in [0.25, 0.3) is 0 Å². The SMILES string of the molecule is N#Cc1cc(C(=O)O)c(-c2c(C(N)=O)ccc3cc(F)ccc23)cc1OC1COC1. The number of carboxylic acids is 1. The van der Waals surface area contributed by atoms with Gasteiger partial charge in [-0.25, -0.2) is 9.18 Å². The molecule has 150 valence electrons. The molecule has 1 fully saturated rings. The van der Waals surface area contributed by atoms with Crippen LogP contribution in [0.1, 0.15) is 26.3 Å². The van der Waals surface area contributed by atoms with Gasteiger partial charge in [-0.1, -0.05) is 12.1 Å².